The van der Waals surface area contributed by atoms with Crippen LogP contribution in [0, 0.1) is 5.82 Å². The molecule has 0 aliphatic carbocycles. The van der Waals surface area contributed by atoms with Gasteiger partial charge in [-0.25, -0.2) is 12.8 Å². The molecule has 208 valence electrons. The number of alkyl halides is 3. The van der Waals surface area contributed by atoms with E-state index in [1.54, 1.807) is 30.3 Å². The Balaban J connectivity index is 1.76. The molecule has 7 nitrogen and oxygen atoms in total. The van der Waals surface area contributed by atoms with Gasteiger partial charge in [0, 0.05) is 18.7 Å². The lowest BCUT2D eigenvalue weighted by Gasteiger charge is -2.23. The van der Waals surface area contributed by atoms with Crippen LogP contribution in [-0.4, -0.2) is 27.7 Å². The third-order valence-electron chi connectivity index (χ3n) is 5.72. The largest absolute Gasteiger partial charge is 0.573 e. The third-order valence-corrected chi connectivity index (χ3v) is 7.51. The minimum absolute atomic E-state index is 0.0817. The Labute approximate surface area is 227 Å². The molecule has 0 saturated heterocycles. The van der Waals surface area contributed by atoms with Crippen LogP contribution in [0.5, 0.6) is 17.2 Å². The Morgan fingerprint density at radius 1 is 0.900 bits per heavy atom. The molecule has 1 amide bonds. The normalized spacial score (nSPS) is 11.6. The van der Waals surface area contributed by atoms with E-state index in [2.05, 4.69) is 4.74 Å². The smallest absolute Gasteiger partial charge is 0.453 e. The number of rotatable bonds is 9. The van der Waals surface area contributed by atoms with Crippen molar-refractivity contribution in [3.63, 3.8) is 0 Å². The van der Waals surface area contributed by atoms with Gasteiger partial charge in [-0.15, -0.1) is 13.2 Å². The molecule has 0 heterocycles. The number of nitrogens with zero attached hydrogens (tertiary/aromatic N) is 1. The van der Waals surface area contributed by atoms with Crippen LogP contribution >= 0.6 is 0 Å². The molecular formula is C28H22F4N2O5S. The molecule has 12 heteroatoms. The highest BCUT2D eigenvalue weighted by Crippen LogP contribution is 2.41. The molecule has 0 aliphatic rings. The summed E-state index contributed by atoms with van der Waals surface area (Å²) in [5.74, 6) is -2.82. The third kappa shape index (κ3) is 6.52. The summed E-state index contributed by atoms with van der Waals surface area (Å²) in [5, 5.41) is 0. The Hall–Kier alpha value is -4.58. The van der Waals surface area contributed by atoms with Crippen molar-refractivity contribution < 1.29 is 40.2 Å². The van der Waals surface area contributed by atoms with Crippen LogP contribution < -0.4 is 19.5 Å². The standard InChI is InChI=1S/C28H22F4N2O5S/c1-34(40(36,37)22-12-10-18(11-13-22)16-25(33)35)24-15-14-23(19-6-3-2-4-7-19)27(26(24)29)38-20-8-5-9-21(17-20)39-28(30,31)32/h2-15,17H,16H2,1H3,(H2,33,35). The first-order valence-electron chi connectivity index (χ1n) is 11.6. The van der Waals surface area contributed by atoms with E-state index in [9.17, 15) is 26.4 Å². The minimum Gasteiger partial charge on any atom is -0.453 e. The van der Waals surface area contributed by atoms with E-state index < -0.39 is 39.6 Å². The predicted octanol–water partition coefficient (Wildman–Crippen LogP) is 6.04. The van der Waals surface area contributed by atoms with Gasteiger partial charge in [0.15, 0.2) is 11.6 Å². The number of ether oxygens (including phenoxy) is 2. The van der Waals surface area contributed by atoms with E-state index in [1.165, 1.54) is 48.5 Å². The average Bonchev–Trinajstić information content (AvgIpc) is 2.89. The van der Waals surface area contributed by atoms with Crippen molar-refractivity contribution >= 4 is 21.6 Å². The van der Waals surface area contributed by atoms with Gasteiger partial charge in [-0.3, -0.25) is 9.10 Å². The van der Waals surface area contributed by atoms with Crippen molar-refractivity contribution in [1.82, 2.24) is 0 Å². The van der Waals surface area contributed by atoms with Crippen LogP contribution in [-0.2, 0) is 21.2 Å². The van der Waals surface area contributed by atoms with Crippen LogP contribution in [0.4, 0.5) is 23.2 Å². The number of carbonyl (C=O) groups excluding carboxylic acids is 1. The van der Waals surface area contributed by atoms with Crippen molar-refractivity contribution in [2.24, 2.45) is 5.73 Å². The first kappa shape index (κ1) is 28.4. The highest BCUT2D eigenvalue weighted by atomic mass is 32.2. The molecule has 0 fully saturated rings. The Morgan fingerprint density at radius 2 is 1.55 bits per heavy atom. The summed E-state index contributed by atoms with van der Waals surface area (Å²) in [6.45, 7) is 0. The number of primary amides is 1. The van der Waals surface area contributed by atoms with Crippen molar-refractivity contribution in [3.8, 4) is 28.4 Å². The quantitative estimate of drug-likeness (QED) is 0.246. The van der Waals surface area contributed by atoms with Crippen molar-refractivity contribution in [2.45, 2.75) is 17.7 Å². The minimum atomic E-state index is -4.95. The number of hydrogen-bond acceptors (Lipinski definition) is 5. The lowest BCUT2D eigenvalue weighted by Crippen LogP contribution is -2.27. The number of nitrogens with two attached hydrogens (primary N) is 1. The Bertz CT molecular complexity index is 1630. The highest BCUT2D eigenvalue weighted by Gasteiger charge is 2.31. The van der Waals surface area contributed by atoms with Crippen molar-refractivity contribution in [3.05, 3.63) is 102 Å². The summed E-state index contributed by atoms with van der Waals surface area (Å²) in [6, 6.07) is 21.1. The van der Waals surface area contributed by atoms with Crippen LogP contribution in [0.25, 0.3) is 11.1 Å². The van der Waals surface area contributed by atoms with Crippen molar-refractivity contribution in [1.29, 1.82) is 0 Å². The van der Waals surface area contributed by atoms with Crippen LogP contribution in [0.3, 0.4) is 0 Å². The molecule has 0 atom stereocenters. The first-order chi connectivity index (χ1) is 18.8. The molecule has 4 rings (SSSR count). The lowest BCUT2D eigenvalue weighted by molar-refractivity contribution is -0.274. The zero-order valence-electron chi connectivity index (χ0n) is 20.9. The van der Waals surface area contributed by atoms with E-state index in [-0.39, 0.29) is 28.3 Å². The molecule has 0 unspecified atom stereocenters. The number of sulfonamides is 1. The van der Waals surface area contributed by atoms with E-state index in [0.29, 0.717) is 11.1 Å². The first-order valence-corrected chi connectivity index (χ1v) is 13.1. The van der Waals surface area contributed by atoms with Gasteiger partial charge < -0.3 is 15.2 Å². The van der Waals surface area contributed by atoms with Gasteiger partial charge in [-0.05, 0) is 47.5 Å². The summed E-state index contributed by atoms with van der Waals surface area (Å²) in [7, 11) is -3.13. The fraction of sp³-hybridized carbons (Fsp3) is 0.107. The summed E-state index contributed by atoms with van der Waals surface area (Å²) in [6.07, 6.45) is -5.03. The maximum Gasteiger partial charge on any atom is 0.573 e. The number of amides is 1. The zero-order chi connectivity index (χ0) is 29.1. The maximum absolute atomic E-state index is 16.1. The zero-order valence-corrected chi connectivity index (χ0v) is 21.7. The molecule has 4 aromatic carbocycles. The molecule has 0 aliphatic heterocycles. The van der Waals surface area contributed by atoms with Gasteiger partial charge in [0.1, 0.15) is 11.5 Å². The monoisotopic (exact) mass is 574 g/mol. The highest BCUT2D eigenvalue weighted by molar-refractivity contribution is 7.92. The summed E-state index contributed by atoms with van der Waals surface area (Å²) < 4.78 is 91.2. The fourth-order valence-corrected chi connectivity index (χ4v) is 5.05. The molecule has 4 aromatic rings. The molecule has 0 saturated carbocycles. The van der Waals surface area contributed by atoms with Crippen LogP contribution in [0.15, 0.2) is 95.9 Å². The molecule has 0 aromatic heterocycles. The SMILES string of the molecule is CN(c1ccc(-c2ccccc2)c(Oc2cccc(OC(F)(F)F)c2)c1F)S(=O)(=O)c1ccc(CC(N)=O)cc1. The fourth-order valence-electron chi connectivity index (χ4n) is 3.85. The van der Waals surface area contributed by atoms with Crippen LogP contribution in [0.2, 0.25) is 0 Å². The molecule has 2 N–H and O–H groups in total. The number of benzene rings is 4. The average molecular weight is 575 g/mol. The Kier molecular flexibility index (Phi) is 8.01. The van der Waals surface area contributed by atoms with E-state index in [1.807, 2.05) is 0 Å². The second-order valence-corrected chi connectivity index (χ2v) is 10.5. The Morgan fingerprint density at radius 3 is 2.17 bits per heavy atom. The van der Waals surface area contributed by atoms with Gasteiger partial charge in [-0.1, -0.05) is 48.5 Å². The second-order valence-electron chi connectivity index (χ2n) is 8.53. The van der Waals surface area contributed by atoms with E-state index in [4.69, 9.17) is 10.5 Å². The lowest BCUT2D eigenvalue weighted by atomic mass is 10.0. The van der Waals surface area contributed by atoms with Crippen LogP contribution in [0.1, 0.15) is 5.56 Å². The number of halogens is 4. The summed E-state index contributed by atoms with van der Waals surface area (Å²) in [5.41, 5.74) is 6.04. The number of anilines is 1. The maximum atomic E-state index is 16.1. The van der Waals surface area contributed by atoms with E-state index in [0.717, 1.165) is 23.5 Å². The van der Waals surface area contributed by atoms with Gasteiger partial charge in [0.05, 0.1) is 17.0 Å². The van der Waals surface area contributed by atoms with Gasteiger partial charge >= 0.3 is 6.36 Å². The van der Waals surface area contributed by atoms with E-state index >= 15 is 4.39 Å². The number of carbonyl (C=O) groups is 1. The van der Waals surface area contributed by atoms with Crippen molar-refractivity contribution in [2.75, 3.05) is 11.4 Å². The van der Waals surface area contributed by atoms with Gasteiger partial charge in [0.25, 0.3) is 10.0 Å². The van der Waals surface area contributed by atoms with Gasteiger partial charge in [0.2, 0.25) is 5.91 Å². The summed E-state index contributed by atoms with van der Waals surface area (Å²) >= 11 is 0. The predicted molar refractivity (Wildman–Crippen MR) is 140 cm³/mol. The molecular weight excluding hydrogens is 552 g/mol. The van der Waals surface area contributed by atoms with Gasteiger partial charge in [-0.2, -0.15) is 0 Å². The molecule has 0 radical (unpaired) electrons. The second kappa shape index (κ2) is 11.3. The molecule has 0 bridgehead atoms. The number of hydrogen-bond donors (Lipinski definition) is 1. The molecule has 40 heavy (non-hydrogen) atoms. The summed E-state index contributed by atoms with van der Waals surface area (Å²) in [4.78, 5) is 11.0. The molecule has 0 spiro atoms. The topological polar surface area (TPSA) is 98.9 Å².